The minimum Gasteiger partial charge on any atom is -0.282 e. The molecule has 1 aliphatic rings. The average Bonchev–Trinajstić information content (AvgIpc) is 3.09. The molecule has 158 valence electrons. The van der Waals surface area contributed by atoms with Crippen molar-refractivity contribution in [3.8, 4) is 11.4 Å². The van der Waals surface area contributed by atoms with Crippen molar-refractivity contribution >= 4 is 33.8 Å². The Morgan fingerprint density at radius 1 is 1.03 bits per heavy atom. The molecule has 3 aromatic rings. The Morgan fingerprint density at radius 3 is 2.30 bits per heavy atom. The first kappa shape index (κ1) is 21.2. The number of hydrogen-bond donors (Lipinski definition) is 1. The van der Waals surface area contributed by atoms with E-state index in [0.717, 1.165) is 11.4 Å². The zero-order valence-electron chi connectivity index (χ0n) is 16.5. The number of H-pyrrole nitrogens is 1. The Morgan fingerprint density at radius 2 is 1.67 bits per heavy atom. The van der Waals surface area contributed by atoms with E-state index in [1.807, 2.05) is 35.9 Å². The summed E-state index contributed by atoms with van der Waals surface area (Å²) in [7, 11) is -3.52. The minimum atomic E-state index is -3.52. The standard InChI is InChI=1S/C20H22ClN5O2S2/c1-15-2-4-16(5-3-15)19-22-20(29)26(23-19)14-24-10-12-25(13-11-24)30(27,28)18-8-6-17(21)7-9-18/h2-9H,10-14H2,1H3,(H,22,23,29). The first-order valence-electron chi connectivity index (χ1n) is 9.55. The molecule has 0 unspecified atom stereocenters. The average molecular weight is 464 g/mol. The highest BCUT2D eigenvalue weighted by Gasteiger charge is 2.28. The first-order chi connectivity index (χ1) is 14.3. The molecule has 1 saturated heterocycles. The Kier molecular flexibility index (Phi) is 6.08. The van der Waals surface area contributed by atoms with E-state index in [0.29, 0.717) is 42.6 Å². The Bertz CT molecular complexity index is 1180. The number of aromatic amines is 1. The van der Waals surface area contributed by atoms with Crippen LogP contribution in [0.2, 0.25) is 5.02 Å². The molecule has 1 aliphatic heterocycles. The van der Waals surface area contributed by atoms with Crippen molar-refractivity contribution in [1.82, 2.24) is 24.0 Å². The van der Waals surface area contributed by atoms with E-state index in [9.17, 15) is 8.42 Å². The lowest BCUT2D eigenvalue weighted by Crippen LogP contribution is -2.48. The van der Waals surface area contributed by atoms with Crippen LogP contribution in [0.5, 0.6) is 0 Å². The Balaban J connectivity index is 1.41. The molecular formula is C20H22ClN5O2S2. The fourth-order valence-electron chi connectivity index (χ4n) is 3.36. The van der Waals surface area contributed by atoms with Crippen LogP contribution in [0.15, 0.2) is 53.4 Å². The van der Waals surface area contributed by atoms with E-state index in [4.69, 9.17) is 23.8 Å². The highest BCUT2D eigenvalue weighted by Crippen LogP contribution is 2.20. The van der Waals surface area contributed by atoms with E-state index in [1.165, 1.54) is 9.87 Å². The van der Waals surface area contributed by atoms with Crippen molar-refractivity contribution in [3.63, 3.8) is 0 Å². The van der Waals surface area contributed by atoms with Gasteiger partial charge >= 0.3 is 0 Å². The van der Waals surface area contributed by atoms with Gasteiger partial charge in [-0.1, -0.05) is 41.4 Å². The summed E-state index contributed by atoms with van der Waals surface area (Å²) >= 11 is 11.3. The topological polar surface area (TPSA) is 74.2 Å². The SMILES string of the molecule is Cc1ccc(-c2nc(=S)n(CN3CCN(S(=O)(=O)c4ccc(Cl)cc4)CC3)[nH]2)cc1. The molecule has 1 aromatic heterocycles. The second-order valence-electron chi connectivity index (χ2n) is 7.27. The monoisotopic (exact) mass is 463 g/mol. The molecule has 2 heterocycles. The minimum absolute atomic E-state index is 0.263. The Labute approximate surface area is 185 Å². The number of aryl methyl sites for hydroxylation is 1. The van der Waals surface area contributed by atoms with Crippen LogP contribution in [-0.2, 0) is 16.7 Å². The van der Waals surface area contributed by atoms with E-state index in [2.05, 4.69) is 15.0 Å². The molecular weight excluding hydrogens is 442 g/mol. The van der Waals surface area contributed by atoms with Crippen molar-refractivity contribution in [2.45, 2.75) is 18.5 Å². The van der Waals surface area contributed by atoms with Crippen LogP contribution in [0.3, 0.4) is 0 Å². The van der Waals surface area contributed by atoms with Gasteiger partial charge in [-0.25, -0.2) is 13.1 Å². The van der Waals surface area contributed by atoms with Crippen LogP contribution in [0, 0.1) is 11.7 Å². The lowest BCUT2D eigenvalue weighted by molar-refractivity contribution is 0.145. The van der Waals surface area contributed by atoms with E-state index in [1.54, 1.807) is 24.3 Å². The lowest BCUT2D eigenvalue weighted by atomic mass is 10.1. The maximum atomic E-state index is 12.8. The van der Waals surface area contributed by atoms with Crippen molar-refractivity contribution in [3.05, 3.63) is 63.9 Å². The van der Waals surface area contributed by atoms with Crippen LogP contribution < -0.4 is 0 Å². The number of nitrogens with one attached hydrogen (secondary N) is 1. The molecule has 0 spiro atoms. The molecule has 4 rings (SSSR count). The molecule has 0 atom stereocenters. The van der Waals surface area contributed by atoms with Gasteiger partial charge in [0.05, 0.1) is 11.6 Å². The molecule has 0 aliphatic carbocycles. The number of rotatable bonds is 5. The second kappa shape index (κ2) is 8.60. The van der Waals surface area contributed by atoms with Gasteiger partial charge in [0.2, 0.25) is 14.8 Å². The summed E-state index contributed by atoms with van der Waals surface area (Å²) in [5, 5.41) is 3.77. The van der Waals surface area contributed by atoms with E-state index < -0.39 is 10.0 Å². The molecule has 1 N–H and O–H groups in total. The van der Waals surface area contributed by atoms with Crippen molar-refractivity contribution in [1.29, 1.82) is 0 Å². The number of aromatic nitrogens is 3. The van der Waals surface area contributed by atoms with Gasteiger partial charge in [-0.3, -0.25) is 10.00 Å². The van der Waals surface area contributed by atoms with E-state index >= 15 is 0 Å². The molecule has 7 nitrogen and oxygen atoms in total. The molecule has 0 amide bonds. The maximum Gasteiger partial charge on any atom is 0.243 e. The number of piperazine rings is 1. The van der Waals surface area contributed by atoms with Gasteiger partial charge in [0.15, 0.2) is 5.82 Å². The lowest BCUT2D eigenvalue weighted by Gasteiger charge is -2.33. The molecule has 1 fully saturated rings. The number of benzene rings is 2. The predicted octanol–water partition coefficient (Wildman–Crippen LogP) is 3.53. The fraction of sp³-hybridized carbons (Fsp3) is 0.300. The van der Waals surface area contributed by atoms with Crippen molar-refractivity contribution in [2.75, 3.05) is 26.2 Å². The quantitative estimate of drug-likeness (QED) is 0.586. The highest BCUT2D eigenvalue weighted by atomic mass is 35.5. The Hall–Kier alpha value is -2.04. The van der Waals surface area contributed by atoms with Crippen LogP contribution in [0.25, 0.3) is 11.4 Å². The van der Waals surface area contributed by atoms with Crippen molar-refractivity contribution in [2.24, 2.45) is 0 Å². The van der Waals surface area contributed by atoms with Crippen LogP contribution in [0.1, 0.15) is 5.56 Å². The summed E-state index contributed by atoms with van der Waals surface area (Å²) in [6.07, 6.45) is 0. The maximum absolute atomic E-state index is 12.8. The summed E-state index contributed by atoms with van der Waals surface area (Å²) in [5.74, 6) is 0.726. The van der Waals surface area contributed by atoms with Gasteiger partial charge in [-0.2, -0.15) is 9.29 Å². The van der Waals surface area contributed by atoms with Gasteiger partial charge in [0.1, 0.15) is 0 Å². The van der Waals surface area contributed by atoms with Gasteiger partial charge in [-0.05, 0) is 43.4 Å². The third kappa shape index (κ3) is 4.50. The highest BCUT2D eigenvalue weighted by molar-refractivity contribution is 7.89. The fourth-order valence-corrected chi connectivity index (χ4v) is 5.10. The third-order valence-corrected chi connectivity index (χ3v) is 7.60. The first-order valence-corrected chi connectivity index (χ1v) is 11.8. The van der Waals surface area contributed by atoms with Gasteiger partial charge in [0.25, 0.3) is 0 Å². The van der Waals surface area contributed by atoms with E-state index in [-0.39, 0.29) is 4.90 Å². The molecule has 0 saturated carbocycles. The number of sulfonamides is 1. The zero-order valence-corrected chi connectivity index (χ0v) is 18.8. The second-order valence-corrected chi connectivity index (χ2v) is 10.0. The number of halogens is 1. The molecule has 2 aromatic carbocycles. The van der Waals surface area contributed by atoms with Crippen LogP contribution in [0.4, 0.5) is 0 Å². The number of hydrogen-bond acceptors (Lipinski definition) is 5. The summed E-state index contributed by atoms with van der Waals surface area (Å²) in [5.41, 5.74) is 2.16. The predicted molar refractivity (Wildman–Crippen MR) is 119 cm³/mol. The summed E-state index contributed by atoms with van der Waals surface area (Å²) < 4.78 is 29.5. The molecule has 30 heavy (non-hydrogen) atoms. The molecule has 0 radical (unpaired) electrons. The van der Waals surface area contributed by atoms with Crippen LogP contribution >= 0.6 is 23.8 Å². The third-order valence-electron chi connectivity index (χ3n) is 5.13. The van der Waals surface area contributed by atoms with Gasteiger partial charge in [-0.15, -0.1) is 0 Å². The smallest absolute Gasteiger partial charge is 0.243 e. The number of nitrogens with zero attached hydrogens (tertiary/aromatic N) is 4. The summed E-state index contributed by atoms with van der Waals surface area (Å²) in [6, 6.07) is 14.4. The molecule has 0 bridgehead atoms. The van der Waals surface area contributed by atoms with Crippen molar-refractivity contribution < 1.29 is 8.42 Å². The zero-order chi connectivity index (χ0) is 21.3. The van der Waals surface area contributed by atoms with Gasteiger partial charge in [0, 0.05) is 36.8 Å². The normalized spacial score (nSPS) is 16.1. The molecule has 10 heteroatoms. The van der Waals surface area contributed by atoms with Crippen LogP contribution in [-0.4, -0.2) is 58.6 Å². The van der Waals surface area contributed by atoms with Gasteiger partial charge < -0.3 is 0 Å². The summed E-state index contributed by atoms with van der Waals surface area (Å²) in [4.78, 5) is 6.87. The largest absolute Gasteiger partial charge is 0.282 e. The summed E-state index contributed by atoms with van der Waals surface area (Å²) in [6.45, 7) is 4.61.